The summed E-state index contributed by atoms with van der Waals surface area (Å²) >= 11 is 12.2. The Morgan fingerprint density at radius 1 is 0.957 bits per heavy atom. The van der Waals surface area contributed by atoms with Gasteiger partial charge in [-0.25, -0.2) is 0 Å². The normalized spacial score (nSPS) is 11.3. The average molecular weight is 340 g/mol. The van der Waals surface area contributed by atoms with Crippen molar-refractivity contribution < 1.29 is 4.42 Å². The molecular formula is C19H11Cl2NO. The summed E-state index contributed by atoms with van der Waals surface area (Å²) < 4.78 is 5.79. The molecule has 3 rings (SSSR count). The van der Waals surface area contributed by atoms with Gasteiger partial charge in [0, 0.05) is 5.56 Å². The second-order valence-electron chi connectivity index (χ2n) is 4.84. The summed E-state index contributed by atoms with van der Waals surface area (Å²) in [6, 6.07) is 20.6. The molecule has 0 saturated heterocycles. The molecule has 0 bridgehead atoms. The fourth-order valence-electron chi connectivity index (χ4n) is 2.21. The summed E-state index contributed by atoms with van der Waals surface area (Å²) in [6.07, 6.45) is 1.71. The molecule has 3 aromatic rings. The minimum atomic E-state index is 0.447. The second kappa shape index (κ2) is 6.75. The van der Waals surface area contributed by atoms with E-state index < -0.39 is 0 Å². The molecule has 2 aromatic carbocycles. The third-order valence-electron chi connectivity index (χ3n) is 3.34. The largest absolute Gasteiger partial charge is 0.457 e. The van der Waals surface area contributed by atoms with Gasteiger partial charge in [0.15, 0.2) is 0 Å². The van der Waals surface area contributed by atoms with E-state index >= 15 is 0 Å². The van der Waals surface area contributed by atoms with E-state index in [-0.39, 0.29) is 0 Å². The molecule has 0 saturated carbocycles. The highest BCUT2D eigenvalue weighted by Crippen LogP contribution is 2.34. The van der Waals surface area contributed by atoms with E-state index in [0.717, 1.165) is 11.1 Å². The first-order chi connectivity index (χ1) is 11.2. The lowest BCUT2D eigenvalue weighted by Crippen LogP contribution is -1.80. The molecule has 0 N–H and O–H groups in total. The second-order valence-corrected chi connectivity index (χ2v) is 5.62. The van der Waals surface area contributed by atoms with Gasteiger partial charge in [-0.1, -0.05) is 59.6 Å². The van der Waals surface area contributed by atoms with Crippen molar-refractivity contribution in [2.24, 2.45) is 0 Å². The van der Waals surface area contributed by atoms with E-state index in [1.54, 1.807) is 18.2 Å². The smallest absolute Gasteiger partial charge is 0.136 e. The maximum absolute atomic E-state index is 9.35. The van der Waals surface area contributed by atoms with Crippen molar-refractivity contribution in [2.75, 3.05) is 0 Å². The van der Waals surface area contributed by atoms with Crippen LogP contribution in [0.25, 0.3) is 23.0 Å². The van der Waals surface area contributed by atoms with E-state index in [2.05, 4.69) is 6.07 Å². The minimum Gasteiger partial charge on any atom is -0.457 e. The number of furan rings is 1. The summed E-state index contributed by atoms with van der Waals surface area (Å²) in [5, 5.41) is 10.3. The molecule has 0 aliphatic carbocycles. The first-order valence-electron chi connectivity index (χ1n) is 6.90. The molecule has 0 aliphatic heterocycles. The van der Waals surface area contributed by atoms with Gasteiger partial charge in [0.1, 0.15) is 11.5 Å². The summed E-state index contributed by atoms with van der Waals surface area (Å²) in [7, 11) is 0. The summed E-state index contributed by atoms with van der Waals surface area (Å²) in [5.74, 6) is 1.19. The van der Waals surface area contributed by atoms with Crippen LogP contribution in [-0.4, -0.2) is 0 Å². The van der Waals surface area contributed by atoms with Crippen molar-refractivity contribution in [1.82, 2.24) is 0 Å². The van der Waals surface area contributed by atoms with Gasteiger partial charge in [-0.15, -0.1) is 0 Å². The Hall–Kier alpha value is -2.47. The average Bonchev–Trinajstić information content (AvgIpc) is 3.04. The minimum absolute atomic E-state index is 0.447. The molecule has 0 fully saturated rings. The van der Waals surface area contributed by atoms with Gasteiger partial charge in [0.25, 0.3) is 0 Å². The number of benzene rings is 2. The van der Waals surface area contributed by atoms with Gasteiger partial charge in [-0.05, 0) is 35.9 Å². The molecular weight excluding hydrogens is 329 g/mol. The van der Waals surface area contributed by atoms with Gasteiger partial charge in [0.05, 0.1) is 21.7 Å². The van der Waals surface area contributed by atoms with Crippen molar-refractivity contribution in [2.45, 2.75) is 0 Å². The molecule has 0 amide bonds. The van der Waals surface area contributed by atoms with Gasteiger partial charge in [-0.3, -0.25) is 0 Å². The molecule has 112 valence electrons. The highest BCUT2D eigenvalue weighted by atomic mass is 35.5. The molecule has 2 nitrogen and oxygen atoms in total. The fourth-order valence-corrected chi connectivity index (χ4v) is 2.60. The third kappa shape index (κ3) is 3.32. The van der Waals surface area contributed by atoms with Crippen LogP contribution in [0.5, 0.6) is 0 Å². The van der Waals surface area contributed by atoms with Crippen LogP contribution in [0, 0.1) is 11.3 Å². The Balaban J connectivity index is 1.98. The first kappa shape index (κ1) is 15.4. The number of allylic oxidation sites excluding steroid dienone is 1. The lowest BCUT2D eigenvalue weighted by atomic mass is 10.1. The molecule has 0 aliphatic rings. The molecule has 0 atom stereocenters. The number of rotatable bonds is 3. The van der Waals surface area contributed by atoms with E-state index in [0.29, 0.717) is 27.1 Å². The standard InChI is InChI=1S/C19H11Cl2NO/c20-17-8-4-7-16(19(17)21)18-10-9-15(23-18)11-14(12-22)13-5-2-1-3-6-13/h1-11H/b14-11+. The summed E-state index contributed by atoms with van der Waals surface area (Å²) in [6.45, 7) is 0. The van der Waals surface area contributed by atoms with Crippen LogP contribution in [0.1, 0.15) is 11.3 Å². The van der Waals surface area contributed by atoms with E-state index in [9.17, 15) is 5.26 Å². The van der Waals surface area contributed by atoms with Crippen LogP contribution in [0.4, 0.5) is 0 Å². The van der Waals surface area contributed by atoms with E-state index in [1.165, 1.54) is 0 Å². The highest BCUT2D eigenvalue weighted by Gasteiger charge is 2.11. The predicted octanol–water partition coefficient (Wildman–Crippen LogP) is 6.32. The van der Waals surface area contributed by atoms with Crippen LogP contribution < -0.4 is 0 Å². The molecule has 0 radical (unpaired) electrons. The Bertz CT molecular complexity index is 905. The summed E-state index contributed by atoms with van der Waals surface area (Å²) in [4.78, 5) is 0. The van der Waals surface area contributed by atoms with Crippen molar-refractivity contribution >= 4 is 34.9 Å². The maximum atomic E-state index is 9.35. The van der Waals surface area contributed by atoms with Crippen LogP contribution in [0.15, 0.2) is 65.1 Å². The Kier molecular flexibility index (Phi) is 4.52. The zero-order valence-electron chi connectivity index (χ0n) is 12.0. The number of nitrogens with zero attached hydrogens (tertiary/aromatic N) is 1. The van der Waals surface area contributed by atoms with Crippen LogP contribution in [0.2, 0.25) is 10.0 Å². The zero-order chi connectivity index (χ0) is 16.2. The van der Waals surface area contributed by atoms with Crippen LogP contribution in [-0.2, 0) is 0 Å². The molecule has 0 spiro atoms. The lowest BCUT2D eigenvalue weighted by molar-refractivity contribution is 0.572. The summed E-state index contributed by atoms with van der Waals surface area (Å²) in [5.41, 5.74) is 2.09. The van der Waals surface area contributed by atoms with Gasteiger partial charge < -0.3 is 4.42 Å². The van der Waals surface area contributed by atoms with E-state index in [4.69, 9.17) is 27.6 Å². The highest BCUT2D eigenvalue weighted by molar-refractivity contribution is 6.43. The van der Waals surface area contributed by atoms with Crippen LogP contribution in [0.3, 0.4) is 0 Å². The van der Waals surface area contributed by atoms with Crippen molar-refractivity contribution in [1.29, 1.82) is 5.26 Å². The molecule has 0 unspecified atom stereocenters. The quantitative estimate of drug-likeness (QED) is 0.523. The molecule has 4 heteroatoms. The number of hydrogen-bond donors (Lipinski definition) is 0. The first-order valence-corrected chi connectivity index (χ1v) is 7.66. The topological polar surface area (TPSA) is 36.9 Å². The zero-order valence-corrected chi connectivity index (χ0v) is 13.5. The van der Waals surface area contributed by atoms with Crippen molar-refractivity contribution in [3.63, 3.8) is 0 Å². The molecule has 1 heterocycles. The molecule has 1 aromatic heterocycles. The maximum Gasteiger partial charge on any atom is 0.136 e. The SMILES string of the molecule is N#C/C(=C\c1ccc(-c2cccc(Cl)c2Cl)o1)c1ccccc1. The van der Waals surface area contributed by atoms with Gasteiger partial charge in [0.2, 0.25) is 0 Å². The Morgan fingerprint density at radius 3 is 2.48 bits per heavy atom. The predicted molar refractivity (Wildman–Crippen MR) is 94.1 cm³/mol. The van der Waals surface area contributed by atoms with Gasteiger partial charge in [-0.2, -0.15) is 5.26 Å². The van der Waals surface area contributed by atoms with Crippen LogP contribution >= 0.6 is 23.2 Å². The Labute approximate surface area is 144 Å². The van der Waals surface area contributed by atoms with Gasteiger partial charge >= 0.3 is 0 Å². The van der Waals surface area contributed by atoms with E-state index in [1.807, 2.05) is 48.5 Å². The van der Waals surface area contributed by atoms with Crippen molar-refractivity contribution in [3.05, 3.63) is 82.0 Å². The number of halogens is 2. The van der Waals surface area contributed by atoms with Crippen molar-refractivity contribution in [3.8, 4) is 17.4 Å². The third-order valence-corrected chi connectivity index (χ3v) is 4.15. The monoisotopic (exact) mass is 339 g/mol. The lowest BCUT2D eigenvalue weighted by Gasteiger charge is -2.02. The Morgan fingerprint density at radius 2 is 1.74 bits per heavy atom. The fraction of sp³-hybridized carbons (Fsp3) is 0. The number of hydrogen-bond acceptors (Lipinski definition) is 2. The number of nitriles is 1. The molecule has 23 heavy (non-hydrogen) atoms.